The number of amides is 2. The minimum absolute atomic E-state index is 0.0259. The van der Waals surface area contributed by atoms with Gasteiger partial charge in [-0.1, -0.05) is 44.0 Å². The number of carbonyl (C=O) groups excluding carboxylic acids is 2. The van der Waals surface area contributed by atoms with Crippen molar-refractivity contribution in [1.82, 2.24) is 9.80 Å². The molecule has 0 N–H and O–H groups in total. The fraction of sp³-hybridized carbons (Fsp3) is 0.600. The monoisotopic (exact) mass is 328 g/mol. The van der Waals surface area contributed by atoms with Crippen LogP contribution in [0.15, 0.2) is 18.2 Å². The lowest BCUT2D eigenvalue weighted by atomic mass is 9.89. The molecule has 2 aliphatic heterocycles. The number of fused-ring (bicyclic) bond motifs is 3. The van der Waals surface area contributed by atoms with Gasteiger partial charge >= 0.3 is 0 Å². The van der Waals surface area contributed by atoms with Crippen LogP contribution in [-0.2, 0) is 16.0 Å². The molecule has 24 heavy (non-hydrogen) atoms. The number of nitrogens with zero attached hydrogens (tertiary/aromatic N) is 2. The van der Waals surface area contributed by atoms with Crippen LogP contribution in [-0.4, -0.2) is 41.2 Å². The van der Waals surface area contributed by atoms with Gasteiger partial charge in [-0.3, -0.25) is 9.59 Å². The van der Waals surface area contributed by atoms with Crippen LogP contribution in [0.4, 0.5) is 0 Å². The maximum atomic E-state index is 12.9. The fourth-order valence-electron chi connectivity index (χ4n) is 4.12. The van der Waals surface area contributed by atoms with E-state index in [2.05, 4.69) is 39.0 Å². The zero-order valence-corrected chi connectivity index (χ0v) is 15.0. The van der Waals surface area contributed by atoms with Crippen LogP contribution in [0, 0.1) is 12.8 Å². The maximum absolute atomic E-state index is 12.9. The molecule has 0 saturated carbocycles. The van der Waals surface area contributed by atoms with E-state index in [1.165, 1.54) is 16.7 Å². The van der Waals surface area contributed by atoms with E-state index in [4.69, 9.17) is 0 Å². The molecule has 2 heterocycles. The maximum Gasteiger partial charge on any atom is 0.242 e. The Morgan fingerprint density at radius 1 is 1.33 bits per heavy atom. The SMILES string of the molecule is CCCC(CC)C(=O)N1CC(=O)N2CCc3ccc(C)cc3C2C1. The highest BCUT2D eigenvalue weighted by molar-refractivity contribution is 5.87. The Labute approximate surface area is 144 Å². The van der Waals surface area contributed by atoms with Gasteiger partial charge in [0.25, 0.3) is 0 Å². The Hall–Kier alpha value is -1.84. The lowest BCUT2D eigenvalue weighted by Gasteiger charge is -2.45. The molecule has 1 aromatic carbocycles. The van der Waals surface area contributed by atoms with E-state index >= 15 is 0 Å². The van der Waals surface area contributed by atoms with Crippen molar-refractivity contribution in [1.29, 1.82) is 0 Å². The summed E-state index contributed by atoms with van der Waals surface area (Å²) in [7, 11) is 0. The first kappa shape index (κ1) is 17.0. The first-order valence-electron chi connectivity index (χ1n) is 9.22. The number of aryl methyl sites for hydroxylation is 1. The van der Waals surface area contributed by atoms with Crippen LogP contribution in [0.5, 0.6) is 0 Å². The van der Waals surface area contributed by atoms with Crippen LogP contribution in [0.3, 0.4) is 0 Å². The summed E-state index contributed by atoms with van der Waals surface area (Å²) in [6, 6.07) is 6.53. The molecule has 1 saturated heterocycles. The average molecular weight is 328 g/mol. The van der Waals surface area contributed by atoms with Crippen LogP contribution >= 0.6 is 0 Å². The van der Waals surface area contributed by atoms with Crippen LogP contribution < -0.4 is 0 Å². The Balaban J connectivity index is 1.86. The molecule has 2 atom stereocenters. The minimum Gasteiger partial charge on any atom is -0.332 e. The first-order valence-corrected chi connectivity index (χ1v) is 9.22. The zero-order chi connectivity index (χ0) is 17.3. The van der Waals surface area contributed by atoms with E-state index in [1.54, 1.807) is 0 Å². The number of carbonyl (C=O) groups is 2. The summed E-state index contributed by atoms with van der Waals surface area (Å²) in [4.78, 5) is 29.3. The number of benzene rings is 1. The Kier molecular flexibility index (Phi) is 4.93. The molecule has 4 heteroatoms. The van der Waals surface area contributed by atoms with Gasteiger partial charge in [0.2, 0.25) is 11.8 Å². The van der Waals surface area contributed by atoms with Crippen molar-refractivity contribution in [2.45, 2.75) is 52.5 Å². The topological polar surface area (TPSA) is 40.6 Å². The van der Waals surface area contributed by atoms with Crippen molar-refractivity contribution in [2.75, 3.05) is 19.6 Å². The van der Waals surface area contributed by atoms with E-state index < -0.39 is 0 Å². The van der Waals surface area contributed by atoms with Gasteiger partial charge in [-0.25, -0.2) is 0 Å². The second-order valence-corrected chi connectivity index (χ2v) is 7.17. The van der Waals surface area contributed by atoms with E-state index in [9.17, 15) is 9.59 Å². The second-order valence-electron chi connectivity index (χ2n) is 7.17. The number of hydrogen-bond acceptors (Lipinski definition) is 2. The Bertz CT molecular complexity index is 641. The molecule has 0 spiro atoms. The fourth-order valence-corrected chi connectivity index (χ4v) is 4.12. The molecule has 130 valence electrons. The highest BCUT2D eigenvalue weighted by Gasteiger charge is 2.39. The minimum atomic E-state index is 0.0259. The van der Waals surface area contributed by atoms with Crippen LogP contribution in [0.2, 0.25) is 0 Å². The van der Waals surface area contributed by atoms with Gasteiger partial charge in [0.05, 0.1) is 12.6 Å². The number of piperazine rings is 1. The highest BCUT2D eigenvalue weighted by atomic mass is 16.2. The summed E-state index contributed by atoms with van der Waals surface area (Å²) in [5, 5.41) is 0. The molecular weight excluding hydrogens is 300 g/mol. The van der Waals surface area contributed by atoms with E-state index in [1.807, 2.05) is 9.80 Å². The molecule has 3 rings (SSSR count). The van der Waals surface area contributed by atoms with Crippen molar-refractivity contribution in [3.63, 3.8) is 0 Å². The molecule has 2 amide bonds. The van der Waals surface area contributed by atoms with Gasteiger partial charge in [0.1, 0.15) is 0 Å². The average Bonchev–Trinajstić information content (AvgIpc) is 2.58. The number of rotatable bonds is 4. The van der Waals surface area contributed by atoms with E-state index in [0.717, 1.165) is 32.2 Å². The smallest absolute Gasteiger partial charge is 0.242 e. The van der Waals surface area contributed by atoms with Gasteiger partial charge in [-0.15, -0.1) is 0 Å². The predicted molar refractivity (Wildman–Crippen MR) is 94.6 cm³/mol. The van der Waals surface area contributed by atoms with Gasteiger partial charge in [-0.05, 0) is 37.3 Å². The number of hydrogen-bond donors (Lipinski definition) is 0. The van der Waals surface area contributed by atoms with Crippen molar-refractivity contribution in [3.8, 4) is 0 Å². The van der Waals surface area contributed by atoms with E-state index in [-0.39, 0.29) is 30.3 Å². The summed E-state index contributed by atoms with van der Waals surface area (Å²) in [6.07, 6.45) is 3.67. The standard InChI is InChI=1S/C20H28N2O2/c1-4-6-15(5-2)20(24)21-12-18-17-11-14(3)7-8-16(17)9-10-22(18)19(23)13-21/h7-8,11,15,18H,4-6,9-10,12-13H2,1-3H3. The molecule has 4 nitrogen and oxygen atoms in total. The molecule has 2 aliphatic rings. The third kappa shape index (κ3) is 3.06. The van der Waals surface area contributed by atoms with Gasteiger partial charge in [-0.2, -0.15) is 0 Å². The van der Waals surface area contributed by atoms with Gasteiger partial charge in [0, 0.05) is 19.0 Å². The molecule has 2 unspecified atom stereocenters. The molecule has 0 bridgehead atoms. The van der Waals surface area contributed by atoms with Crippen molar-refractivity contribution in [2.24, 2.45) is 5.92 Å². The molecule has 0 aromatic heterocycles. The lowest BCUT2D eigenvalue weighted by molar-refractivity contribution is -0.151. The lowest BCUT2D eigenvalue weighted by Crippen LogP contribution is -2.56. The largest absolute Gasteiger partial charge is 0.332 e. The van der Waals surface area contributed by atoms with Gasteiger partial charge < -0.3 is 9.80 Å². The molecular formula is C20H28N2O2. The van der Waals surface area contributed by atoms with Crippen molar-refractivity contribution in [3.05, 3.63) is 34.9 Å². The van der Waals surface area contributed by atoms with Crippen molar-refractivity contribution >= 4 is 11.8 Å². The molecule has 0 aliphatic carbocycles. The molecule has 1 fully saturated rings. The Morgan fingerprint density at radius 3 is 2.83 bits per heavy atom. The zero-order valence-electron chi connectivity index (χ0n) is 15.0. The van der Waals surface area contributed by atoms with Crippen LogP contribution in [0.25, 0.3) is 0 Å². The molecule has 1 aromatic rings. The third-order valence-electron chi connectivity index (χ3n) is 5.49. The summed E-state index contributed by atoms with van der Waals surface area (Å²) in [5.74, 6) is 0.306. The molecule has 0 radical (unpaired) electrons. The quantitative estimate of drug-likeness (QED) is 0.852. The summed E-state index contributed by atoms with van der Waals surface area (Å²) >= 11 is 0. The predicted octanol–water partition coefficient (Wildman–Crippen LogP) is 3.09. The first-order chi connectivity index (χ1) is 11.5. The second kappa shape index (κ2) is 6.96. The van der Waals surface area contributed by atoms with Gasteiger partial charge in [0.15, 0.2) is 0 Å². The normalized spacial score (nSPS) is 21.3. The summed E-state index contributed by atoms with van der Waals surface area (Å²) in [6.45, 7) is 7.92. The summed E-state index contributed by atoms with van der Waals surface area (Å²) < 4.78 is 0. The van der Waals surface area contributed by atoms with E-state index in [0.29, 0.717) is 6.54 Å². The third-order valence-corrected chi connectivity index (χ3v) is 5.49. The Morgan fingerprint density at radius 2 is 2.12 bits per heavy atom. The summed E-state index contributed by atoms with van der Waals surface area (Å²) in [5.41, 5.74) is 3.77. The highest BCUT2D eigenvalue weighted by Crippen LogP contribution is 2.34. The van der Waals surface area contributed by atoms with Crippen molar-refractivity contribution < 1.29 is 9.59 Å². The van der Waals surface area contributed by atoms with Crippen LogP contribution in [0.1, 0.15) is 55.8 Å².